The van der Waals surface area contributed by atoms with E-state index in [1.54, 1.807) is 7.11 Å². The van der Waals surface area contributed by atoms with Crippen molar-refractivity contribution in [1.82, 2.24) is 0 Å². The molecule has 2 aromatic rings. The minimum atomic E-state index is -0.544. The predicted molar refractivity (Wildman–Crippen MR) is 106 cm³/mol. The molecule has 0 aliphatic carbocycles. The monoisotopic (exact) mass is 384 g/mol. The number of carbonyl (C=O) groups excluding carboxylic acids is 1. The lowest BCUT2D eigenvalue weighted by Gasteiger charge is -2.42. The van der Waals surface area contributed by atoms with Crippen LogP contribution in [0.2, 0.25) is 0 Å². The van der Waals surface area contributed by atoms with Gasteiger partial charge in [0.15, 0.2) is 6.29 Å². The Balaban J connectivity index is 1.64. The maximum atomic E-state index is 11.5. The lowest BCUT2D eigenvalue weighted by atomic mass is 9.86. The van der Waals surface area contributed by atoms with Gasteiger partial charge in [-0.15, -0.1) is 0 Å². The van der Waals surface area contributed by atoms with E-state index in [0.717, 1.165) is 23.2 Å². The zero-order chi connectivity index (χ0) is 19.9. The van der Waals surface area contributed by atoms with Crippen molar-refractivity contribution in [2.45, 2.75) is 45.6 Å². The van der Waals surface area contributed by atoms with E-state index in [1.807, 2.05) is 68.4 Å². The van der Waals surface area contributed by atoms with Gasteiger partial charge in [0.25, 0.3) is 0 Å². The van der Waals surface area contributed by atoms with Crippen LogP contribution in [0.4, 0.5) is 0 Å². The first-order chi connectivity index (χ1) is 13.6. The first-order valence-corrected chi connectivity index (χ1v) is 9.63. The van der Waals surface area contributed by atoms with E-state index in [0.29, 0.717) is 13.2 Å². The number of hydrogen-bond acceptors (Lipinski definition) is 5. The average Bonchev–Trinajstić information content (AvgIpc) is 2.74. The fourth-order valence-electron chi connectivity index (χ4n) is 3.54. The molecule has 0 aromatic heterocycles. The van der Waals surface area contributed by atoms with Crippen LogP contribution in [0.15, 0.2) is 54.6 Å². The smallest absolute Gasteiger partial charge is 0.164 e. The molecule has 1 heterocycles. The zero-order valence-corrected chi connectivity index (χ0v) is 16.6. The molecule has 0 spiro atoms. The van der Waals surface area contributed by atoms with E-state index in [4.69, 9.17) is 18.9 Å². The SMILES string of the molecule is COc1ccc(CO[C@H]2[C@H](C)[C@H](OCc3ccccc3)O[C@@H](C=O)[C@H]2C)cc1. The summed E-state index contributed by atoms with van der Waals surface area (Å²) in [6.07, 6.45) is -0.337. The van der Waals surface area contributed by atoms with Gasteiger partial charge in [-0.3, -0.25) is 0 Å². The molecule has 2 aromatic carbocycles. The molecule has 5 heteroatoms. The highest BCUT2D eigenvalue weighted by atomic mass is 16.7. The van der Waals surface area contributed by atoms with E-state index in [1.165, 1.54) is 0 Å². The van der Waals surface area contributed by atoms with Crippen LogP contribution in [-0.2, 0) is 32.2 Å². The standard InChI is InChI=1S/C23H28O5/c1-16-21(13-24)28-23(27-15-18-7-5-4-6-8-18)17(2)22(16)26-14-19-9-11-20(25-3)12-10-19/h4-13,16-17,21-23H,14-15H2,1-3H3/t16-,17+,21+,22-,23-/m1/s1. The second kappa shape index (κ2) is 9.82. The molecule has 3 rings (SSSR count). The molecule has 1 aliphatic heterocycles. The molecular weight excluding hydrogens is 356 g/mol. The van der Waals surface area contributed by atoms with Crippen molar-refractivity contribution in [2.75, 3.05) is 7.11 Å². The third kappa shape index (κ3) is 4.98. The molecule has 0 saturated carbocycles. The van der Waals surface area contributed by atoms with Crippen LogP contribution in [0.3, 0.4) is 0 Å². The fraction of sp³-hybridized carbons (Fsp3) is 0.435. The van der Waals surface area contributed by atoms with Gasteiger partial charge in [0.05, 0.1) is 26.4 Å². The number of ether oxygens (including phenoxy) is 4. The summed E-state index contributed by atoms with van der Waals surface area (Å²) in [6.45, 7) is 4.93. The van der Waals surface area contributed by atoms with Gasteiger partial charge in [-0.1, -0.05) is 56.3 Å². The summed E-state index contributed by atoms with van der Waals surface area (Å²) in [4.78, 5) is 11.5. The number of aldehydes is 1. The molecule has 1 aliphatic rings. The number of methoxy groups -OCH3 is 1. The highest BCUT2D eigenvalue weighted by Gasteiger charge is 2.42. The largest absolute Gasteiger partial charge is 0.497 e. The Morgan fingerprint density at radius 3 is 2.18 bits per heavy atom. The van der Waals surface area contributed by atoms with Crippen LogP contribution in [0.5, 0.6) is 5.75 Å². The Morgan fingerprint density at radius 2 is 1.54 bits per heavy atom. The van der Waals surface area contributed by atoms with Crippen molar-refractivity contribution >= 4 is 6.29 Å². The van der Waals surface area contributed by atoms with Gasteiger partial charge in [-0.2, -0.15) is 0 Å². The quantitative estimate of drug-likeness (QED) is 0.644. The van der Waals surface area contributed by atoms with Gasteiger partial charge in [0.1, 0.15) is 18.1 Å². The maximum Gasteiger partial charge on any atom is 0.164 e. The van der Waals surface area contributed by atoms with Crippen molar-refractivity contribution in [3.63, 3.8) is 0 Å². The van der Waals surface area contributed by atoms with Gasteiger partial charge in [0.2, 0.25) is 0 Å². The molecule has 0 radical (unpaired) electrons. The Morgan fingerprint density at radius 1 is 0.893 bits per heavy atom. The maximum absolute atomic E-state index is 11.5. The van der Waals surface area contributed by atoms with Crippen LogP contribution in [-0.4, -0.2) is 31.9 Å². The summed E-state index contributed by atoms with van der Waals surface area (Å²) in [7, 11) is 1.64. The van der Waals surface area contributed by atoms with Crippen molar-refractivity contribution in [2.24, 2.45) is 11.8 Å². The zero-order valence-electron chi connectivity index (χ0n) is 16.6. The van der Waals surface area contributed by atoms with Crippen LogP contribution in [0, 0.1) is 11.8 Å². The summed E-state index contributed by atoms with van der Waals surface area (Å²) in [6, 6.07) is 17.7. The minimum Gasteiger partial charge on any atom is -0.497 e. The molecule has 1 saturated heterocycles. The van der Waals surface area contributed by atoms with Crippen LogP contribution in [0.1, 0.15) is 25.0 Å². The number of rotatable bonds is 8. The molecule has 28 heavy (non-hydrogen) atoms. The van der Waals surface area contributed by atoms with E-state index in [9.17, 15) is 4.79 Å². The Bertz CT molecular complexity index is 730. The molecule has 150 valence electrons. The second-order valence-corrected chi connectivity index (χ2v) is 7.24. The Kier molecular flexibility index (Phi) is 7.20. The lowest BCUT2D eigenvalue weighted by Crippen LogP contribution is -2.51. The second-order valence-electron chi connectivity index (χ2n) is 7.24. The summed E-state index contributed by atoms with van der Waals surface area (Å²) in [5.41, 5.74) is 2.12. The summed E-state index contributed by atoms with van der Waals surface area (Å²) < 4.78 is 23.3. The normalized spacial score (nSPS) is 27.3. The number of hydrogen-bond donors (Lipinski definition) is 0. The number of benzene rings is 2. The van der Waals surface area contributed by atoms with Gasteiger partial charge in [0, 0.05) is 11.8 Å². The van der Waals surface area contributed by atoms with Crippen LogP contribution >= 0.6 is 0 Å². The first-order valence-electron chi connectivity index (χ1n) is 9.63. The van der Waals surface area contributed by atoms with Gasteiger partial charge in [-0.25, -0.2) is 0 Å². The van der Waals surface area contributed by atoms with Crippen molar-refractivity contribution in [1.29, 1.82) is 0 Å². The average molecular weight is 384 g/mol. The van der Waals surface area contributed by atoms with E-state index in [-0.39, 0.29) is 17.9 Å². The summed E-state index contributed by atoms with van der Waals surface area (Å²) >= 11 is 0. The van der Waals surface area contributed by atoms with Crippen LogP contribution < -0.4 is 4.74 Å². The molecule has 5 nitrogen and oxygen atoms in total. The highest BCUT2D eigenvalue weighted by Crippen LogP contribution is 2.33. The van der Waals surface area contributed by atoms with E-state index < -0.39 is 12.4 Å². The molecule has 5 atom stereocenters. The predicted octanol–water partition coefficient (Wildman–Crippen LogP) is 3.99. The molecule has 1 fully saturated rings. The molecule has 0 amide bonds. The van der Waals surface area contributed by atoms with Gasteiger partial charge >= 0.3 is 0 Å². The van der Waals surface area contributed by atoms with Crippen molar-refractivity contribution in [3.8, 4) is 5.75 Å². The fourth-order valence-corrected chi connectivity index (χ4v) is 3.54. The molecule has 0 unspecified atom stereocenters. The topological polar surface area (TPSA) is 54.0 Å². The minimum absolute atomic E-state index is 0.00633. The van der Waals surface area contributed by atoms with Gasteiger partial charge in [-0.05, 0) is 23.3 Å². The molecule has 0 bridgehead atoms. The summed E-state index contributed by atoms with van der Waals surface area (Å²) in [5.74, 6) is 0.752. The highest BCUT2D eigenvalue weighted by molar-refractivity contribution is 5.57. The molecular formula is C23H28O5. The van der Waals surface area contributed by atoms with Crippen molar-refractivity contribution < 1.29 is 23.7 Å². The third-order valence-electron chi connectivity index (χ3n) is 5.27. The number of carbonyl (C=O) groups is 1. The Hall–Kier alpha value is -2.21. The van der Waals surface area contributed by atoms with E-state index in [2.05, 4.69) is 0 Å². The molecule has 0 N–H and O–H groups in total. The van der Waals surface area contributed by atoms with E-state index >= 15 is 0 Å². The first kappa shape index (κ1) is 20.5. The summed E-state index contributed by atoms with van der Waals surface area (Å²) in [5, 5.41) is 0. The third-order valence-corrected chi connectivity index (χ3v) is 5.27. The van der Waals surface area contributed by atoms with Crippen LogP contribution in [0.25, 0.3) is 0 Å². The lowest BCUT2D eigenvalue weighted by molar-refractivity contribution is -0.266. The van der Waals surface area contributed by atoms with Crippen molar-refractivity contribution in [3.05, 3.63) is 65.7 Å². The Labute approximate surface area is 166 Å². The van der Waals surface area contributed by atoms with Gasteiger partial charge < -0.3 is 23.7 Å².